The first-order chi connectivity index (χ1) is 14.0. The molecule has 0 fully saturated rings. The fourth-order valence-corrected chi connectivity index (χ4v) is 3.27. The summed E-state index contributed by atoms with van der Waals surface area (Å²) in [6.45, 7) is 5.98. The van der Waals surface area contributed by atoms with Crippen molar-refractivity contribution in [1.82, 2.24) is 20.2 Å². The Kier molecular flexibility index (Phi) is 9.44. The molecular formula is C21H25FIN5OS. The number of halogens is 2. The number of aliphatic imine (C=N–C) groups is 1. The highest BCUT2D eigenvalue weighted by atomic mass is 127. The minimum atomic E-state index is -0.304. The van der Waals surface area contributed by atoms with E-state index in [9.17, 15) is 4.39 Å². The van der Waals surface area contributed by atoms with Crippen LogP contribution in [0.25, 0.3) is 0 Å². The zero-order valence-corrected chi connectivity index (χ0v) is 20.3. The van der Waals surface area contributed by atoms with Crippen LogP contribution < -0.4 is 10.1 Å². The van der Waals surface area contributed by atoms with Gasteiger partial charge in [-0.2, -0.15) is 0 Å². The number of nitrogens with zero attached hydrogens (tertiary/aromatic N) is 4. The van der Waals surface area contributed by atoms with Crippen molar-refractivity contribution in [2.24, 2.45) is 4.99 Å². The van der Waals surface area contributed by atoms with Crippen LogP contribution in [0.4, 0.5) is 4.39 Å². The molecule has 3 aromatic rings. The first kappa shape index (κ1) is 24.0. The van der Waals surface area contributed by atoms with Crippen LogP contribution in [-0.4, -0.2) is 34.4 Å². The van der Waals surface area contributed by atoms with Gasteiger partial charge in [-0.1, -0.05) is 0 Å². The molecular weight excluding hydrogens is 516 g/mol. The van der Waals surface area contributed by atoms with Crippen LogP contribution in [0.2, 0.25) is 0 Å². The quantitative estimate of drug-likeness (QED) is 0.260. The molecule has 30 heavy (non-hydrogen) atoms. The van der Waals surface area contributed by atoms with E-state index in [4.69, 9.17) is 9.73 Å². The molecule has 0 aliphatic rings. The molecule has 1 aromatic carbocycles. The Morgan fingerprint density at radius 2 is 2.03 bits per heavy atom. The Morgan fingerprint density at radius 1 is 1.27 bits per heavy atom. The number of aromatic nitrogens is 2. The lowest BCUT2D eigenvalue weighted by Crippen LogP contribution is -2.38. The second kappa shape index (κ2) is 11.8. The maximum absolute atomic E-state index is 13.0. The normalized spacial score (nSPS) is 11.0. The number of ether oxygens (including phenoxy) is 1. The SMILES string of the molecule is CCNC(=NCc1ccnc(Oc2ccc(F)cc2)c1)N(C)Cc1csc(C)n1.I. The molecule has 3 rings (SSSR count). The molecule has 0 saturated carbocycles. The molecule has 0 saturated heterocycles. The van der Waals surface area contributed by atoms with Crippen molar-refractivity contribution in [2.75, 3.05) is 13.6 Å². The van der Waals surface area contributed by atoms with Gasteiger partial charge < -0.3 is 15.0 Å². The van der Waals surface area contributed by atoms with Crippen LogP contribution in [0.15, 0.2) is 53.0 Å². The summed E-state index contributed by atoms with van der Waals surface area (Å²) >= 11 is 1.64. The highest BCUT2D eigenvalue weighted by Gasteiger charge is 2.09. The zero-order chi connectivity index (χ0) is 20.6. The van der Waals surface area contributed by atoms with Gasteiger partial charge in [-0.05, 0) is 49.7 Å². The van der Waals surface area contributed by atoms with Crippen molar-refractivity contribution in [3.05, 3.63) is 70.1 Å². The standard InChI is InChI=1S/C21H24FN5OS.HI/c1-4-23-21(27(3)13-18-14-29-15(2)26-18)25-12-16-9-10-24-20(11-16)28-19-7-5-17(22)6-8-19;/h5-11,14H,4,12-13H2,1-3H3,(H,23,25);1H. The van der Waals surface area contributed by atoms with E-state index in [0.717, 1.165) is 28.8 Å². The maximum Gasteiger partial charge on any atom is 0.219 e. The van der Waals surface area contributed by atoms with Crippen molar-refractivity contribution in [2.45, 2.75) is 26.9 Å². The van der Waals surface area contributed by atoms with E-state index in [-0.39, 0.29) is 29.8 Å². The topological polar surface area (TPSA) is 62.6 Å². The van der Waals surface area contributed by atoms with Crippen LogP contribution in [0.5, 0.6) is 11.6 Å². The van der Waals surface area contributed by atoms with E-state index < -0.39 is 0 Å². The van der Waals surface area contributed by atoms with Crippen LogP contribution in [0, 0.1) is 12.7 Å². The number of thiazole rings is 1. The monoisotopic (exact) mass is 541 g/mol. The second-order valence-electron chi connectivity index (χ2n) is 6.44. The summed E-state index contributed by atoms with van der Waals surface area (Å²) in [5, 5.41) is 6.43. The van der Waals surface area contributed by atoms with Gasteiger partial charge in [0, 0.05) is 31.2 Å². The fourth-order valence-electron chi connectivity index (χ4n) is 2.66. The zero-order valence-electron chi connectivity index (χ0n) is 17.1. The van der Waals surface area contributed by atoms with Crippen molar-refractivity contribution in [3.63, 3.8) is 0 Å². The summed E-state index contributed by atoms with van der Waals surface area (Å²) < 4.78 is 18.7. The van der Waals surface area contributed by atoms with E-state index in [1.807, 2.05) is 33.0 Å². The van der Waals surface area contributed by atoms with E-state index in [2.05, 4.69) is 25.6 Å². The molecule has 0 aliphatic heterocycles. The van der Waals surface area contributed by atoms with Crippen LogP contribution in [0.3, 0.4) is 0 Å². The van der Waals surface area contributed by atoms with Crippen LogP contribution >= 0.6 is 35.3 Å². The molecule has 0 atom stereocenters. The van der Waals surface area contributed by atoms with Gasteiger partial charge in [0.15, 0.2) is 5.96 Å². The number of guanidine groups is 1. The molecule has 0 amide bonds. The smallest absolute Gasteiger partial charge is 0.219 e. The summed E-state index contributed by atoms with van der Waals surface area (Å²) in [6, 6.07) is 9.58. The minimum Gasteiger partial charge on any atom is -0.439 e. The summed E-state index contributed by atoms with van der Waals surface area (Å²) in [5.74, 6) is 1.48. The van der Waals surface area contributed by atoms with Gasteiger partial charge in [0.05, 0.1) is 23.8 Å². The van der Waals surface area contributed by atoms with E-state index >= 15 is 0 Å². The highest BCUT2D eigenvalue weighted by Crippen LogP contribution is 2.20. The molecule has 0 spiro atoms. The molecule has 1 N–H and O–H groups in total. The Bertz CT molecular complexity index is 964. The Morgan fingerprint density at radius 3 is 2.70 bits per heavy atom. The number of pyridine rings is 1. The van der Waals surface area contributed by atoms with Gasteiger partial charge in [0.1, 0.15) is 11.6 Å². The third-order valence-corrected chi connectivity index (χ3v) is 4.83. The van der Waals surface area contributed by atoms with Crippen molar-refractivity contribution >= 4 is 41.3 Å². The van der Waals surface area contributed by atoms with Crippen LogP contribution in [-0.2, 0) is 13.1 Å². The fraction of sp³-hybridized carbons (Fsp3) is 0.286. The average molecular weight is 541 g/mol. The number of rotatable bonds is 7. The predicted molar refractivity (Wildman–Crippen MR) is 129 cm³/mol. The third-order valence-electron chi connectivity index (χ3n) is 4.01. The number of hydrogen-bond donors (Lipinski definition) is 1. The summed E-state index contributed by atoms with van der Waals surface area (Å²) in [6.07, 6.45) is 1.68. The van der Waals surface area contributed by atoms with Crippen molar-refractivity contribution < 1.29 is 9.13 Å². The Hall–Kier alpha value is -2.27. The molecule has 0 aliphatic carbocycles. The Labute approximate surface area is 197 Å². The summed E-state index contributed by atoms with van der Waals surface area (Å²) in [4.78, 5) is 15.5. The van der Waals surface area contributed by atoms with E-state index in [0.29, 0.717) is 24.7 Å². The first-order valence-electron chi connectivity index (χ1n) is 9.32. The van der Waals surface area contributed by atoms with Gasteiger partial charge in [0.25, 0.3) is 0 Å². The molecule has 2 aromatic heterocycles. The molecule has 9 heteroatoms. The lowest BCUT2D eigenvalue weighted by molar-refractivity contribution is 0.460. The van der Waals surface area contributed by atoms with Crippen molar-refractivity contribution in [1.29, 1.82) is 0 Å². The molecule has 6 nitrogen and oxygen atoms in total. The van der Waals surface area contributed by atoms with Gasteiger partial charge >= 0.3 is 0 Å². The molecule has 0 bridgehead atoms. The van der Waals surface area contributed by atoms with Crippen LogP contribution in [0.1, 0.15) is 23.2 Å². The minimum absolute atomic E-state index is 0. The summed E-state index contributed by atoms with van der Waals surface area (Å²) in [5.41, 5.74) is 1.99. The van der Waals surface area contributed by atoms with Gasteiger partial charge in [0.2, 0.25) is 5.88 Å². The number of aryl methyl sites for hydroxylation is 1. The molecule has 0 radical (unpaired) electrons. The second-order valence-corrected chi connectivity index (χ2v) is 7.50. The van der Waals surface area contributed by atoms with Crippen molar-refractivity contribution in [3.8, 4) is 11.6 Å². The lowest BCUT2D eigenvalue weighted by Gasteiger charge is -2.21. The number of benzene rings is 1. The third kappa shape index (κ3) is 7.21. The maximum atomic E-state index is 13.0. The van der Waals surface area contributed by atoms with E-state index in [1.54, 1.807) is 29.7 Å². The largest absolute Gasteiger partial charge is 0.439 e. The highest BCUT2D eigenvalue weighted by molar-refractivity contribution is 14.0. The Balaban J connectivity index is 0.00000320. The van der Waals surface area contributed by atoms with Gasteiger partial charge in [-0.3, -0.25) is 0 Å². The predicted octanol–water partition coefficient (Wildman–Crippen LogP) is 4.99. The van der Waals surface area contributed by atoms with Gasteiger partial charge in [-0.15, -0.1) is 35.3 Å². The summed E-state index contributed by atoms with van der Waals surface area (Å²) in [7, 11) is 1.99. The number of hydrogen-bond acceptors (Lipinski definition) is 5. The van der Waals surface area contributed by atoms with E-state index in [1.165, 1.54) is 12.1 Å². The lowest BCUT2D eigenvalue weighted by atomic mass is 10.2. The molecule has 2 heterocycles. The number of nitrogens with one attached hydrogen (secondary N) is 1. The molecule has 0 unspecified atom stereocenters. The average Bonchev–Trinajstić information content (AvgIpc) is 3.12. The first-order valence-corrected chi connectivity index (χ1v) is 10.2. The van der Waals surface area contributed by atoms with Gasteiger partial charge in [-0.25, -0.2) is 19.4 Å². The molecule has 160 valence electrons.